The molecule has 3 heterocycles. The average molecular weight is 380 g/mol. The molecule has 0 spiro atoms. The van der Waals surface area contributed by atoms with Gasteiger partial charge in [-0.1, -0.05) is 6.07 Å². The second-order valence-corrected chi connectivity index (χ2v) is 6.91. The lowest BCUT2D eigenvalue weighted by Gasteiger charge is -2.40. The predicted octanol–water partition coefficient (Wildman–Crippen LogP) is 2.34. The SMILES string of the molecule is O=C(/C=C/c1ccc2c(c1)OC(F)(F)O2)N1CCN(C2CCOCC2)CC1. The van der Waals surface area contributed by atoms with Crippen molar-refractivity contribution in [2.24, 2.45) is 0 Å². The second kappa shape index (κ2) is 7.44. The summed E-state index contributed by atoms with van der Waals surface area (Å²) in [7, 11) is 0. The fourth-order valence-electron chi connectivity index (χ4n) is 3.70. The summed E-state index contributed by atoms with van der Waals surface area (Å²) in [6.45, 7) is 4.73. The fraction of sp³-hybridized carbons (Fsp3) is 0.526. The summed E-state index contributed by atoms with van der Waals surface area (Å²) < 4.78 is 40.3. The number of fused-ring (bicyclic) bond motifs is 1. The number of halogens is 2. The highest BCUT2D eigenvalue weighted by Crippen LogP contribution is 2.41. The van der Waals surface area contributed by atoms with Gasteiger partial charge in [-0.25, -0.2) is 0 Å². The topological polar surface area (TPSA) is 51.2 Å². The Hall–Kier alpha value is -2.19. The molecule has 0 aliphatic carbocycles. The highest BCUT2D eigenvalue weighted by atomic mass is 19.3. The van der Waals surface area contributed by atoms with Gasteiger partial charge < -0.3 is 19.1 Å². The molecule has 3 aliphatic rings. The lowest BCUT2D eigenvalue weighted by atomic mass is 10.1. The summed E-state index contributed by atoms with van der Waals surface area (Å²) in [5.74, 6) is -0.114. The number of ether oxygens (including phenoxy) is 3. The minimum atomic E-state index is -3.63. The van der Waals surface area contributed by atoms with Crippen LogP contribution in [0.25, 0.3) is 6.08 Å². The van der Waals surface area contributed by atoms with Gasteiger partial charge in [0.25, 0.3) is 0 Å². The summed E-state index contributed by atoms with van der Waals surface area (Å²) in [5.41, 5.74) is 0.601. The molecule has 0 aromatic heterocycles. The molecule has 1 amide bonds. The maximum absolute atomic E-state index is 13.1. The lowest BCUT2D eigenvalue weighted by molar-refractivity contribution is -0.286. The van der Waals surface area contributed by atoms with Gasteiger partial charge in [-0.15, -0.1) is 8.78 Å². The van der Waals surface area contributed by atoms with Crippen molar-refractivity contribution in [1.29, 1.82) is 0 Å². The number of hydrogen-bond donors (Lipinski definition) is 0. The van der Waals surface area contributed by atoms with Crippen molar-refractivity contribution in [1.82, 2.24) is 9.80 Å². The zero-order chi connectivity index (χ0) is 18.9. The molecule has 0 unspecified atom stereocenters. The van der Waals surface area contributed by atoms with Gasteiger partial charge in [0.05, 0.1) is 0 Å². The number of carbonyl (C=O) groups excluding carboxylic acids is 1. The molecule has 2 fully saturated rings. The Bertz CT molecular complexity index is 726. The van der Waals surface area contributed by atoms with Crippen LogP contribution in [0.5, 0.6) is 11.5 Å². The lowest BCUT2D eigenvalue weighted by Crippen LogP contribution is -2.52. The van der Waals surface area contributed by atoms with Crippen molar-refractivity contribution < 1.29 is 27.8 Å². The second-order valence-electron chi connectivity index (χ2n) is 6.91. The van der Waals surface area contributed by atoms with Crippen molar-refractivity contribution in [3.63, 3.8) is 0 Å². The van der Waals surface area contributed by atoms with Gasteiger partial charge in [-0.3, -0.25) is 9.69 Å². The fourth-order valence-corrected chi connectivity index (χ4v) is 3.70. The van der Waals surface area contributed by atoms with Gasteiger partial charge in [-0.2, -0.15) is 0 Å². The molecule has 27 heavy (non-hydrogen) atoms. The van der Waals surface area contributed by atoms with Crippen molar-refractivity contribution in [2.75, 3.05) is 39.4 Å². The standard InChI is InChI=1S/C19H22F2N2O4/c20-19(21)26-16-3-1-14(13-17(16)27-19)2-4-18(24)23-9-7-22(8-10-23)15-5-11-25-12-6-15/h1-4,13,15H,5-12H2/b4-2+. The number of carbonyl (C=O) groups is 1. The van der Waals surface area contributed by atoms with E-state index in [2.05, 4.69) is 14.4 Å². The molecule has 0 saturated carbocycles. The van der Waals surface area contributed by atoms with Gasteiger partial charge in [0.15, 0.2) is 11.5 Å². The van der Waals surface area contributed by atoms with E-state index in [-0.39, 0.29) is 17.4 Å². The van der Waals surface area contributed by atoms with E-state index in [4.69, 9.17) is 4.74 Å². The summed E-state index contributed by atoms with van der Waals surface area (Å²) in [5, 5.41) is 0. The van der Waals surface area contributed by atoms with Gasteiger partial charge in [0.2, 0.25) is 5.91 Å². The number of benzene rings is 1. The van der Waals surface area contributed by atoms with Crippen LogP contribution in [-0.4, -0.2) is 67.4 Å². The van der Waals surface area contributed by atoms with Gasteiger partial charge in [0.1, 0.15) is 0 Å². The number of nitrogens with zero attached hydrogens (tertiary/aromatic N) is 2. The first-order valence-corrected chi connectivity index (χ1v) is 9.19. The minimum Gasteiger partial charge on any atom is -0.395 e. The van der Waals surface area contributed by atoms with E-state index in [1.807, 2.05) is 4.90 Å². The van der Waals surface area contributed by atoms with Crippen LogP contribution in [0.15, 0.2) is 24.3 Å². The Balaban J connectivity index is 1.31. The quantitative estimate of drug-likeness (QED) is 0.754. The van der Waals surface area contributed by atoms with Crippen molar-refractivity contribution in [2.45, 2.75) is 25.2 Å². The molecular weight excluding hydrogens is 358 g/mol. The monoisotopic (exact) mass is 380 g/mol. The summed E-state index contributed by atoms with van der Waals surface area (Å²) >= 11 is 0. The van der Waals surface area contributed by atoms with E-state index in [9.17, 15) is 13.6 Å². The Morgan fingerprint density at radius 1 is 1.07 bits per heavy atom. The molecule has 4 rings (SSSR count). The molecule has 1 aromatic carbocycles. The summed E-state index contributed by atoms with van der Waals surface area (Å²) in [4.78, 5) is 16.7. The highest BCUT2D eigenvalue weighted by molar-refractivity contribution is 5.92. The van der Waals surface area contributed by atoms with E-state index in [0.29, 0.717) is 24.7 Å². The number of alkyl halides is 2. The first-order valence-electron chi connectivity index (χ1n) is 9.19. The van der Waals surface area contributed by atoms with Crippen LogP contribution >= 0.6 is 0 Å². The molecular formula is C19H22F2N2O4. The number of amides is 1. The molecule has 2 saturated heterocycles. The first-order chi connectivity index (χ1) is 13.0. The van der Waals surface area contributed by atoms with Crippen LogP contribution in [0.3, 0.4) is 0 Å². The maximum Gasteiger partial charge on any atom is 0.586 e. The van der Waals surface area contributed by atoms with Crippen LogP contribution < -0.4 is 9.47 Å². The number of rotatable bonds is 3. The molecule has 6 nitrogen and oxygen atoms in total. The third-order valence-corrected chi connectivity index (χ3v) is 5.18. The van der Waals surface area contributed by atoms with Crippen LogP contribution in [0.2, 0.25) is 0 Å². The van der Waals surface area contributed by atoms with Crippen LogP contribution in [0.4, 0.5) is 8.78 Å². The van der Waals surface area contributed by atoms with Gasteiger partial charge >= 0.3 is 6.29 Å². The Morgan fingerprint density at radius 2 is 1.78 bits per heavy atom. The minimum absolute atomic E-state index is 0.00675. The molecule has 0 radical (unpaired) electrons. The molecule has 8 heteroatoms. The summed E-state index contributed by atoms with van der Waals surface area (Å²) in [6.07, 6.45) is 1.55. The third kappa shape index (κ3) is 4.22. The predicted molar refractivity (Wildman–Crippen MR) is 93.7 cm³/mol. The highest BCUT2D eigenvalue weighted by Gasteiger charge is 2.43. The number of piperazine rings is 1. The van der Waals surface area contributed by atoms with Crippen LogP contribution in [-0.2, 0) is 9.53 Å². The number of hydrogen-bond acceptors (Lipinski definition) is 5. The molecule has 0 atom stereocenters. The normalized spacial score (nSPS) is 23.1. The molecule has 1 aromatic rings. The average Bonchev–Trinajstić information content (AvgIpc) is 3.00. The van der Waals surface area contributed by atoms with Crippen LogP contribution in [0.1, 0.15) is 18.4 Å². The Morgan fingerprint density at radius 3 is 2.52 bits per heavy atom. The smallest absolute Gasteiger partial charge is 0.395 e. The zero-order valence-corrected chi connectivity index (χ0v) is 14.9. The van der Waals surface area contributed by atoms with E-state index < -0.39 is 6.29 Å². The van der Waals surface area contributed by atoms with E-state index in [1.54, 1.807) is 12.1 Å². The Labute approximate surface area is 156 Å². The van der Waals surface area contributed by atoms with Crippen molar-refractivity contribution in [3.05, 3.63) is 29.8 Å². The molecule has 146 valence electrons. The van der Waals surface area contributed by atoms with Crippen LogP contribution in [0, 0.1) is 0 Å². The maximum atomic E-state index is 13.1. The molecule has 3 aliphatic heterocycles. The van der Waals surface area contributed by atoms with Crippen molar-refractivity contribution in [3.8, 4) is 11.5 Å². The first kappa shape index (κ1) is 18.2. The van der Waals surface area contributed by atoms with E-state index in [0.717, 1.165) is 39.1 Å². The molecule has 0 N–H and O–H groups in total. The zero-order valence-electron chi connectivity index (χ0n) is 14.9. The Kier molecular flexibility index (Phi) is 5.01. The third-order valence-electron chi connectivity index (χ3n) is 5.18. The van der Waals surface area contributed by atoms with E-state index in [1.165, 1.54) is 18.2 Å². The van der Waals surface area contributed by atoms with Gasteiger partial charge in [-0.05, 0) is 36.6 Å². The van der Waals surface area contributed by atoms with Gasteiger partial charge in [0, 0.05) is 51.5 Å². The molecule has 0 bridgehead atoms. The summed E-state index contributed by atoms with van der Waals surface area (Å²) in [6, 6.07) is 5.00. The largest absolute Gasteiger partial charge is 0.586 e. The van der Waals surface area contributed by atoms with E-state index >= 15 is 0 Å². The van der Waals surface area contributed by atoms with Crippen molar-refractivity contribution >= 4 is 12.0 Å².